The molecule has 1 spiro atoms. The number of anilines is 1. The molecule has 1 atom stereocenters. The highest BCUT2D eigenvalue weighted by atomic mass is 32.2. The second-order valence-electron chi connectivity index (χ2n) is 4.74. The summed E-state index contributed by atoms with van der Waals surface area (Å²) in [7, 11) is 0. The van der Waals surface area contributed by atoms with Gasteiger partial charge in [0.05, 0.1) is 5.69 Å². The molecule has 4 nitrogen and oxygen atoms in total. The molecule has 2 fully saturated rings. The summed E-state index contributed by atoms with van der Waals surface area (Å²) in [5.74, 6) is 2.07. The smallest absolute Gasteiger partial charge is 0.414 e. The van der Waals surface area contributed by atoms with E-state index in [4.69, 9.17) is 4.74 Å². The number of carbonyl (C=O) groups excluding carboxylic acids is 1. The number of aromatic hydroxyl groups is 1. The minimum Gasteiger partial charge on any atom is -0.506 e. The second-order valence-corrected chi connectivity index (χ2v) is 5.85. The van der Waals surface area contributed by atoms with Gasteiger partial charge in [0, 0.05) is 18.7 Å². The zero-order valence-corrected chi connectivity index (χ0v) is 10.8. The monoisotopic (exact) mass is 265 g/mol. The third-order valence-corrected chi connectivity index (χ3v) is 4.78. The van der Waals surface area contributed by atoms with Crippen molar-refractivity contribution in [3.05, 3.63) is 24.3 Å². The fourth-order valence-corrected chi connectivity index (χ4v) is 3.86. The van der Waals surface area contributed by atoms with Gasteiger partial charge in [0.15, 0.2) is 0 Å². The van der Waals surface area contributed by atoms with Gasteiger partial charge in [0.2, 0.25) is 0 Å². The normalized spacial score (nSPS) is 27.6. The number of benzene rings is 1. The molecule has 18 heavy (non-hydrogen) atoms. The van der Waals surface area contributed by atoms with Gasteiger partial charge < -0.3 is 9.84 Å². The Balaban J connectivity index is 1.81. The number of carbonyl (C=O) groups is 1. The average molecular weight is 265 g/mol. The average Bonchev–Trinajstić information content (AvgIpc) is 2.79. The maximum atomic E-state index is 12.1. The molecule has 0 aromatic heterocycles. The first-order valence-electron chi connectivity index (χ1n) is 6.06. The third-order valence-electron chi connectivity index (χ3n) is 3.55. The molecule has 3 rings (SSSR count). The molecule has 2 saturated heterocycles. The van der Waals surface area contributed by atoms with Crippen LogP contribution in [-0.2, 0) is 4.74 Å². The summed E-state index contributed by atoms with van der Waals surface area (Å²) in [6.45, 7) is 0.608. The van der Waals surface area contributed by atoms with E-state index in [0.717, 1.165) is 24.3 Å². The van der Waals surface area contributed by atoms with Gasteiger partial charge in [-0.1, -0.05) is 12.1 Å². The van der Waals surface area contributed by atoms with Crippen LogP contribution >= 0.6 is 11.8 Å². The van der Waals surface area contributed by atoms with Crippen molar-refractivity contribution >= 4 is 23.5 Å². The first-order valence-corrected chi connectivity index (χ1v) is 7.22. The zero-order chi connectivity index (χ0) is 12.6. The Morgan fingerprint density at radius 2 is 2.17 bits per heavy atom. The van der Waals surface area contributed by atoms with Crippen molar-refractivity contribution in [3.63, 3.8) is 0 Å². The minimum absolute atomic E-state index is 0.117. The Morgan fingerprint density at radius 3 is 2.83 bits per heavy atom. The minimum atomic E-state index is -0.342. The third kappa shape index (κ3) is 1.92. The zero-order valence-electron chi connectivity index (χ0n) is 9.96. The number of hydrogen-bond acceptors (Lipinski definition) is 4. The fraction of sp³-hybridized carbons (Fsp3) is 0.462. The summed E-state index contributed by atoms with van der Waals surface area (Å²) in [6.07, 6.45) is 1.43. The number of ether oxygens (including phenoxy) is 1. The molecule has 96 valence electrons. The van der Waals surface area contributed by atoms with Crippen LogP contribution in [0.4, 0.5) is 10.5 Å². The van der Waals surface area contributed by atoms with E-state index in [0.29, 0.717) is 12.2 Å². The van der Waals surface area contributed by atoms with Crippen LogP contribution in [0.5, 0.6) is 5.75 Å². The number of rotatable bonds is 1. The predicted octanol–water partition coefficient (Wildman–Crippen LogP) is 2.61. The van der Waals surface area contributed by atoms with Crippen molar-refractivity contribution in [1.29, 1.82) is 0 Å². The summed E-state index contributed by atoms with van der Waals surface area (Å²) in [6, 6.07) is 6.86. The van der Waals surface area contributed by atoms with E-state index in [1.807, 2.05) is 11.8 Å². The highest BCUT2D eigenvalue weighted by molar-refractivity contribution is 7.99. The van der Waals surface area contributed by atoms with Crippen LogP contribution in [0, 0.1) is 0 Å². The molecule has 1 N–H and O–H groups in total. The van der Waals surface area contributed by atoms with Crippen molar-refractivity contribution in [3.8, 4) is 5.75 Å². The van der Waals surface area contributed by atoms with E-state index in [-0.39, 0.29) is 17.4 Å². The molecule has 0 saturated carbocycles. The van der Waals surface area contributed by atoms with Gasteiger partial charge in [0.1, 0.15) is 11.4 Å². The highest BCUT2D eigenvalue weighted by Gasteiger charge is 2.43. The molecule has 1 aromatic carbocycles. The van der Waals surface area contributed by atoms with Crippen molar-refractivity contribution in [2.24, 2.45) is 0 Å². The Labute approximate surface area is 110 Å². The topological polar surface area (TPSA) is 49.8 Å². The van der Waals surface area contributed by atoms with Crippen LogP contribution < -0.4 is 4.90 Å². The van der Waals surface area contributed by atoms with Gasteiger partial charge in [0.25, 0.3) is 0 Å². The first kappa shape index (κ1) is 11.7. The lowest BCUT2D eigenvalue weighted by Gasteiger charge is -2.38. The molecule has 1 aromatic rings. The highest BCUT2D eigenvalue weighted by Crippen LogP contribution is 2.39. The van der Waals surface area contributed by atoms with Gasteiger partial charge in [-0.2, -0.15) is 11.8 Å². The molecule has 2 aliphatic rings. The summed E-state index contributed by atoms with van der Waals surface area (Å²) < 4.78 is 5.61. The molecule has 1 amide bonds. The molecule has 0 aliphatic carbocycles. The van der Waals surface area contributed by atoms with Gasteiger partial charge in [-0.15, -0.1) is 0 Å². The number of hydrogen-bond donors (Lipinski definition) is 1. The first-order chi connectivity index (χ1) is 8.70. The quantitative estimate of drug-likeness (QED) is 0.848. The predicted molar refractivity (Wildman–Crippen MR) is 71.2 cm³/mol. The van der Waals surface area contributed by atoms with E-state index >= 15 is 0 Å². The van der Waals surface area contributed by atoms with E-state index in [1.165, 1.54) is 4.90 Å². The number of nitrogens with zero attached hydrogens (tertiary/aromatic N) is 1. The summed E-state index contributed by atoms with van der Waals surface area (Å²) >= 11 is 1.84. The Kier molecular flexibility index (Phi) is 2.86. The number of phenolic OH excluding ortho intramolecular Hbond substituents is 1. The maximum absolute atomic E-state index is 12.1. The van der Waals surface area contributed by atoms with Gasteiger partial charge in [-0.25, -0.2) is 4.79 Å². The molecule has 5 heteroatoms. The lowest BCUT2D eigenvalue weighted by Crippen LogP contribution is -2.49. The van der Waals surface area contributed by atoms with Gasteiger partial charge in [-0.3, -0.25) is 4.90 Å². The van der Waals surface area contributed by atoms with Crippen LogP contribution in [0.2, 0.25) is 0 Å². The van der Waals surface area contributed by atoms with Gasteiger partial charge in [-0.05, 0) is 24.3 Å². The van der Waals surface area contributed by atoms with Crippen molar-refractivity contribution in [2.75, 3.05) is 23.0 Å². The largest absolute Gasteiger partial charge is 0.506 e. The number of thioether (sulfide) groups is 1. The van der Waals surface area contributed by atoms with E-state index in [9.17, 15) is 9.90 Å². The Morgan fingerprint density at radius 1 is 1.33 bits per heavy atom. The molecule has 0 bridgehead atoms. The lowest BCUT2D eigenvalue weighted by molar-refractivity contribution is 0.0152. The van der Waals surface area contributed by atoms with Crippen LogP contribution in [0.1, 0.15) is 12.8 Å². The molecular formula is C13H15NO3S. The van der Waals surface area contributed by atoms with Crippen molar-refractivity contribution in [2.45, 2.75) is 18.4 Å². The number of phenols is 1. The van der Waals surface area contributed by atoms with E-state index in [2.05, 4.69) is 0 Å². The Hall–Kier alpha value is -1.36. The maximum Gasteiger partial charge on any atom is 0.414 e. The molecule has 2 aliphatic heterocycles. The summed E-state index contributed by atoms with van der Waals surface area (Å²) in [5.41, 5.74) is 0.269. The van der Waals surface area contributed by atoms with Crippen molar-refractivity contribution < 1.29 is 14.6 Å². The van der Waals surface area contributed by atoms with Gasteiger partial charge >= 0.3 is 6.09 Å². The van der Waals surface area contributed by atoms with E-state index < -0.39 is 0 Å². The van der Waals surface area contributed by atoms with Crippen molar-refractivity contribution in [1.82, 2.24) is 0 Å². The molecular weight excluding hydrogens is 250 g/mol. The lowest BCUT2D eigenvalue weighted by atomic mass is 9.97. The van der Waals surface area contributed by atoms with Crippen LogP contribution in [0.15, 0.2) is 24.3 Å². The van der Waals surface area contributed by atoms with E-state index in [1.54, 1.807) is 24.3 Å². The summed E-state index contributed by atoms with van der Waals surface area (Å²) in [5, 5.41) is 9.78. The number of para-hydroxylation sites is 2. The SMILES string of the molecule is O=C1OC2(CCSC2)CCN1c1ccccc1O. The summed E-state index contributed by atoms with van der Waals surface area (Å²) in [4.78, 5) is 13.6. The molecule has 0 radical (unpaired) electrons. The van der Waals surface area contributed by atoms with Crippen LogP contribution in [0.25, 0.3) is 0 Å². The number of amides is 1. The molecule has 1 unspecified atom stereocenters. The standard InChI is InChI=1S/C13H15NO3S/c15-11-4-2-1-3-10(11)14-7-5-13(17-12(14)16)6-8-18-9-13/h1-4,15H,5-9H2. The van der Waals surface area contributed by atoms with Crippen LogP contribution in [-0.4, -0.2) is 34.9 Å². The van der Waals surface area contributed by atoms with Crippen LogP contribution in [0.3, 0.4) is 0 Å². The molecule has 2 heterocycles. The Bertz CT molecular complexity index is 471. The fourth-order valence-electron chi connectivity index (χ4n) is 2.48. The second kappa shape index (κ2) is 4.39.